The van der Waals surface area contributed by atoms with E-state index in [1.54, 1.807) is 4.90 Å². The number of fused-ring (bicyclic) bond motifs is 1. The Hall–Kier alpha value is -2.23. The van der Waals surface area contributed by atoms with Crippen molar-refractivity contribution in [2.45, 2.75) is 20.3 Å². The number of rotatable bonds is 2. The van der Waals surface area contributed by atoms with Gasteiger partial charge in [-0.15, -0.1) is 0 Å². The quantitative estimate of drug-likeness (QED) is 0.913. The summed E-state index contributed by atoms with van der Waals surface area (Å²) in [6, 6.07) is 8.35. The fraction of sp³-hybridized carbons (Fsp3) is 0.353. The molecule has 1 aromatic carbocycles. The van der Waals surface area contributed by atoms with Gasteiger partial charge in [-0.25, -0.2) is 4.79 Å². The molecule has 4 nitrogen and oxygen atoms in total. The van der Waals surface area contributed by atoms with E-state index >= 15 is 0 Å². The molecule has 0 radical (unpaired) electrons. The summed E-state index contributed by atoms with van der Waals surface area (Å²) in [5, 5.41) is 1.26. The molecule has 21 heavy (non-hydrogen) atoms. The number of para-hydroxylation sites is 1. The summed E-state index contributed by atoms with van der Waals surface area (Å²) in [6.07, 6.45) is 2.79. The van der Waals surface area contributed by atoms with Crippen LogP contribution in [-0.2, 0) is 4.74 Å². The van der Waals surface area contributed by atoms with Gasteiger partial charge in [0.1, 0.15) is 0 Å². The fourth-order valence-electron chi connectivity index (χ4n) is 2.97. The Bertz CT molecular complexity index is 700. The molecule has 2 aromatic rings. The average molecular weight is 284 g/mol. The van der Waals surface area contributed by atoms with Crippen molar-refractivity contribution in [1.82, 2.24) is 9.88 Å². The average Bonchev–Trinajstić information content (AvgIpc) is 2.83. The van der Waals surface area contributed by atoms with Crippen molar-refractivity contribution < 1.29 is 9.53 Å². The first-order valence-corrected chi connectivity index (χ1v) is 7.39. The molecule has 110 valence electrons. The molecule has 0 atom stereocenters. The molecule has 0 saturated carbocycles. The van der Waals surface area contributed by atoms with Gasteiger partial charge in [0.25, 0.3) is 0 Å². The van der Waals surface area contributed by atoms with Crippen LogP contribution in [0, 0.1) is 6.92 Å². The number of hydrogen-bond donors (Lipinski definition) is 1. The number of nitrogens with zero attached hydrogens (tertiary/aromatic N) is 1. The topological polar surface area (TPSA) is 45.3 Å². The Balaban J connectivity index is 1.88. The number of H-pyrrole nitrogens is 1. The van der Waals surface area contributed by atoms with Crippen LogP contribution in [0.1, 0.15) is 24.6 Å². The van der Waals surface area contributed by atoms with Crippen molar-refractivity contribution in [2.24, 2.45) is 0 Å². The normalized spacial score (nSPS) is 15.1. The van der Waals surface area contributed by atoms with Gasteiger partial charge in [-0.3, -0.25) is 0 Å². The van der Waals surface area contributed by atoms with E-state index in [4.69, 9.17) is 4.74 Å². The zero-order valence-corrected chi connectivity index (χ0v) is 12.5. The highest BCUT2D eigenvalue weighted by molar-refractivity contribution is 5.94. The first-order valence-electron chi connectivity index (χ1n) is 7.39. The van der Waals surface area contributed by atoms with E-state index in [1.807, 2.05) is 13.0 Å². The van der Waals surface area contributed by atoms with Crippen LogP contribution in [0.3, 0.4) is 0 Å². The van der Waals surface area contributed by atoms with Gasteiger partial charge in [-0.05, 0) is 31.9 Å². The maximum absolute atomic E-state index is 11.7. The van der Waals surface area contributed by atoms with Crippen molar-refractivity contribution in [3.63, 3.8) is 0 Å². The van der Waals surface area contributed by atoms with E-state index in [-0.39, 0.29) is 6.09 Å². The lowest BCUT2D eigenvalue weighted by Gasteiger charge is -2.25. The van der Waals surface area contributed by atoms with Crippen molar-refractivity contribution in [3.05, 3.63) is 41.6 Å². The fourth-order valence-corrected chi connectivity index (χ4v) is 2.97. The molecule has 0 spiro atoms. The number of ether oxygens (including phenoxy) is 1. The summed E-state index contributed by atoms with van der Waals surface area (Å²) < 4.78 is 5.05. The van der Waals surface area contributed by atoms with Crippen LogP contribution >= 0.6 is 0 Å². The van der Waals surface area contributed by atoms with Gasteiger partial charge < -0.3 is 14.6 Å². The molecule has 1 aliphatic heterocycles. The van der Waals surface area contributed by atoms with Crippen LogP contribution in [0.5, 0.6) is 0 Å². The minimum Gasteiger partial charge on any atom is -0.450 e. The molecule has 2 heterocycles. The number of aromatic amines is 1. The van der Waals surface area contributed by atoms with Crippen LogP contribution in [0.4, 0.5) is 4.79 Å². The van der Waals surface area contributed by atoms with Crippen molar-refractivity contribution in [3.8, 4) is 0 Å². The molecule has 0 unspecified atom stereocenters. The van der Waals surface area contributed by atoms with Gasteiger partial charge in [0.15, 0.2) is 0 Å². The summed E-state index contributed by atoms with van der Waals surface area (Å²) in [7, 11) is 0. The molecule has 4 heteroatoms. The number of aromatic nitrogens is 1. The summed E-state index contributed by atoms with van der Waals surface area (Å²) in [6.45, 7) is 5.69. The number of amides is 1. The molecule has 1 aliphatic rings. The second-order valence-electron chi connectivity index (χ2n) is 5.29. The molecule has 1 amide bonds. The Morgan fingerprint density at radius 1 is 1.38 bits per heavy atom. The number of aryl methyl sites for hydroxylation is 1. The van der Waals surface area contributed by atoms with E-state index in [2.05, 4.69) is 36.2 Å². The van der Waals surface area contributed by atoms with E-state index < -0.39 is 0 Å². The predicted octanol–water partition coefficient (Wildman–Crippen LogP) is 3.72. The summed E-state index contributed by atoms with van der Waals surface area (Å²) in [5.74, 6) is 0. The first kappa shape index (κ1) is 13.7. The number of benzene rings is 1. The highest BCUT2D eigenvalue weighted by Crippen LogP contribution is 2.32. The summed E-state index contributed by atoms with van der Waals surface area (Å²) >= 11 is 0. The van der Waals surface area contributed by atoms with Crippen LogP contribution in [0.25, 0.3) is 16.5 Å². The standard InChI is InChI=1S/C17H20N2O2/c1-3-21-17(20)19-10-8-13(9-11-19)16-12(2)18-15-7-5-4-6-14(15)16/h4-8,18H,3,9-11H2,1-2H3. The molecular formula is C17H20N2O2. The van der Waals surface area contributed by atoms with E-state index in [1.165, 1.54) is 27.7 Å². The minimum atomic E-state index is -0.219. The van der Waals surface area contributed by atoms with Gasteiger partial charge >= 0.3 is 6.09 Å². The van der Waals surface area contributed by atoms with Gasteiger partial charge in [0, 0.05) is 35.2 Å². The number of carbonyl (C=O) groups excluding carboxylic acids is 1. The zero-order chi connectivity index (χ0) is 14.8. The molecule has 3 rings (SSSR count). The molecule has 1 N–H and O–H groups in total. The lowest BCUT2D eigenvalue weighted by atomic mass is 9.97. The predicted molar refractivity (Wildman–Crippen MR) is 84.2 cm³/mol. The maximum Gasteiger partial charge on any atom is 0.410 e. The Morgan fingerprint density at radius 2 is 2.19 bits per heavy atom. The highest BCUT2D eigenvalue weighted by Gasteiger charge is 2.21. The SMILES string of the molecule is CCOC(=O)N1CC=C(c2c(C)[nH]c3ccccc23)CC1. The molecule has 1 aromatic heterocycles. The van der Waals surface area contributed by atoms with Crippen LogP contribution in [0.2, 0.25) is 0 Å². The Morgan fingerprint density at radius 3 is 2.90 bits per heavy atom. The number of hydrogen-bond acceptors (Lipinski definition) is 2. The van der Waals surface area contributed by atoms with Crippen LogP contribution < -0.4 is 0 Å². The molecular weight excluding hydrogens is 264 g/mol. The Kier molecular flexibility index (Phi) is 3.69. The largest absolute Gasteiger partial charge is 0.450 e. The van der Waals surface area contributed by atoms with Gasteiger partial charge in [-0.1, -0.05) is 24.3 Å². The smallest absolute Gasteiger partial charge is 0.410 e. The van der Waals surface area contributed by atoms with Crippen LogP contribution in [-0.4, -0.2) is 35.7 Å². The maximum atomic E-state index is 11.7. The lowest BCUT2D eigenvalue weighted by Crippen LogP contribution is -2.35. The summed E-state index contributed by atoms with van der Waals surface area (Å²) in [5.41, 5.74) is 4.95. The van der Waals surface area contributed by atoms with Gasteiger partial charge in [0.05, 0.1) is 6.61 Å². The highest BCUT2D eigenvalue weighted by atomic mass is 16.6. The molecule has 0 fully saturated rings. The first-order chi connectivity index (χ1) is 10.2. The van der Waals surface area contributed by atoms with Crippen molar-refractivity contribution in [2.75, 3.05) is 19.7 Å². The molecule has 0 aliphatic carbocycles. The molecule has 0 saturated heterocycles. The number of nitrogens with one attached hydrogen (secondary N) is 1. The third-order valence-electron chi connectivity index (χ3n) is 3.95. The zero-order valence-electron chi connectivity index (χ0n) is 12.5. The summed E-state index contributed by atoms with van der Waals surface area (Å²) in [4.78, 5) is 16.9. The van der Waals surface area contributed by atoms with Gasteiger partial charge in [-0.2, -0.15) is 0 Å². The molecule has 0 bridgehead atoms. The Labute approximate surface area is 124 Å². The van der Waals surface area contributed by atoms with E-state index in [0.29, 0.717) is 19.7 Å². The van der Waals surface area contributed by atoms with E-state index in [9.17, 15) is 4.79 Å². The third-order valence-corrected chi connectivity index (χ3v) is 3.95. The van der Waals surface area contributed by atoms with Gasteiger partial charge in [0.2, 0.25) is 0 Å². The lowest BCUT2D eigenvalue weighted by molar-refractivity contribution is 0.111. The third kappa shape index (κ3) is 2.53. The number of carbonyl (C=O) groups is 1. The van der Waals surface area contributed by atoms with Crippen molar-refractivity contribution >= 4 is 22.6 Å². The second-order valence-corrected chi connectivity index (χ2v) is 5.29. The van der Waals surface area contributed by atoms with E-state index in [0.717, 1.165) is 6.42 Å². The minimum absolute atomic E-state index is 0.219. The monoisotopic (exact) mass is 284 g/mol. The second kappa shape index (κ2) is 5.64. The van der Waals surface area contributed by atoms with Crippen LogP contribution in [0.15, 0.2) is 30.3 Å². The van der Waals surface area contributed by atoms with Crippen molar-refractivity contribution in [1.29, 1.82) is 0 Å².